The SMILES string of the molecule is c1cn2c(CC3CCCCS3)ncc2cc1N1CCNCC1. The Labute approximate surface area is 136 Å². The van der Waals surface area contributed by atoms with Gasteiger partial charge < -0.3 is 14.6 Å². The predicted molar refractivity (Wildman–Crippen MR) is 94.1 cm³/mol. The number of anilines is 1. The van der Waals surface area contributed by atoms with Crippen LogP contribution in [-0.4, -0.2) is 46.6 Å². The molecule has 0 aromatic carbocycles. The normalized spacial score (nSPS) is 23.1. The number of nitrogens with zero attached hydrogens (tertiary/aromatic N) is 3. The summed E-state index contributed by atoms with van der Waals surface area (Å²) < 4.78 is 2.28. The number of nitrogens with one attached hydrogen (secondary N) is 1. The number of thioether (sulfide) groups is 1. The Morgan fingerprint density at radius 1 is 1.27 bits per heavy atom. The lowest BCUT2D eigenvalue weighted by molar-refractivity contribution is 0.589. The number of hydrogen-bond donors (Lipinski definition) is 1. The highest BCUT2D eigenvalue weighted by Gasteiger charge is 2.17. The third-order valence-corrected chi connectivity index (χ3v) is 6.16. The van der Waals surface area contributed by atoms with Crippen LogP contribution in [0.15, 0.2) is 24.5 Å². The first-order valence-electron chi connectivity index (χ1n) is 8.43. The zero-order chi connectivity index (χ0) is 14.8. The van der Waals surface area contributed by atoms with Gasteiger partial charge in [0.15, 0.2) is 0 Å². The number of piperazine rings is 1. The van der Waals surface area contributed by atoms with Gasteiger partial charge in [0.1, 0.15) is 5.82 Å². The lowest BCUT2D eigenvalue weighted by atomic mass is 10.1. The number of fused-ring (bicyclic) bond motifs is 1. The number of rotatable bonds is 3. The lowest BCUT2D eigenvalue weighted by Crippen LogP contribution is -2.43. The van der Waals surface area contributed by atoms with Crippen LogP contribution in [0.2, 0.25) is 0 Å². The molecule has 0 aliphatic carbocycles. The summed E-state index contributed by atoms with van der Waals surface area (Å²) >= 11 is 2.13. The van der Waals surface area contributed by atoms with Crippen LogP contribution in [0, 0.1) is 0 Å². The smallest absolute Gasteiger partial charge is 0.114 e. The number of pyridine rings is 1. The van der Waals surface area contributed by atoms with Crippen LogP contribution in [0.1, 0.15) is 25.1 Å². The summed E-state index contributed by atoms with van der Waals surface area (Å²) in [6, 6.07) is 4.54. The molecule has 1 atom stereocenters. The van der Waals surface area contributed by atoms with Crippen molar-refractivity contribution < 1.29 is 0 Å². The standard InChI is InChI=1S/C17H24N4S/c1-2-10-22-16(3-1)12-17-19-13-15-11-14(4-7-21(15)17)20-8-5-18-6-9-20/h4,7,11,13,16,18H,1-3,5-6,8-10,12H2. The highest BCUT2D eigenvalue weighted by atomic mass is 32.2. The van der Waals surface area contributed by atoms with Crippen LogP contribution in [-0.2, 0) is 6.42 Å². The van der Waals surface area contributed by atoms with Crippen LogP contribution in [0.25, 0.3) is 5.52 Å². The van der Waals surface area contributed by atoms with Crippen LogP contribution in [0.4, 0.5) is 5.69 Å². The van der Waals surface area contributed by atoms with E-state index >= 15 is 0 Å². The van der Waals surface area contributed by atoms with Crippen molar-refractivity contribution in [2.75, 3.05) is 36.8 Å². The third kappa shape index (κ3) is 2.97. The van der Waals surface area contributed by atoms with Gasteiger partial charge in [-0.15, -0.1) is 0 Å². The molecule has 0 saturated carbocycles. The summed E-state index contributed by atoms with van der Waals surface area (Å²) in [6.07, 6.45) is 9.47. The van der Waals surface area contributed by atoms with Gasteiger partial charge in [-0.05, 0) is 30.7 Å². The van der Waals surface area contributed by atoms with Crippen molar-refractivity contribution in [2.24, 2.45) is 0 Å². The van der Waals surface area contributed by atoms with Crippen LogP contribution < -0.4 is 10.2 Å². The average molecular weight is 316 g/mol. The minimum Gasteiger partial charge on any atom is -0.369 e. The van der Waals surface area contributed by atoms with E-state index in [0.717, 1.165) is 37.8 Å². The van der Waals surface area contributed by atoms with Crippen molar-refractivity contribution >= 4 is 23.0 Å². The summed E-state index contributed by atoms with van der Waals surface area (Å²) in [5.41, 5.74) is 2.55. The topological polar surface area (TPSA) is 32.6 Å². The largest absolute Gasteiger partial charge is 0.369 e. The maximum Gasteiger partial charge on any atom is 0.114 e. The molecule has 2 aromatic rings. The molecule has 22 heavy (non-hydrogen) atoms. The Bertz CT molecular complexity index is 627. The predicted octanol–water partition coefficient (Wildman–Crippen LogP) is 2.57. The molecule has 2 fully saturated rings. The molecule has 0 bridgehead atoms. The van der Waals surface area contributed by atoms with Crippen molar-refractivity contribution in [1.29, 1.82) is 0 Å². The third-order valence-electron chi connectivity index (χ3n) is 4.76. The monoisotopic (exact) mass is 316 g/mol. The fourth-order valence-electron chi connectivity index (χ4n) is 3.49. The molecule has 4 nitrogen and oxygen atoms in total. The van der Waals surface area contributed by atoms with Gasteiger partial charge in [0.05, 0.1) is 11.7 Å². The second kappa shape index (κ2) is 6.50. The molecule has 0 amide bonds. The van der Waals surface area contributed by atoms with Crippen LogP contribution >= 0.6 is 11.8 Å². The maximum atomic E-state index is 4.69. The molecule has 5 heteroatoms. The fraction of sp³-hybridized carbons (Fsp3) is 0.588. The van der Waals surface area contributed by atoms with E-state index in [1.165, 1.54) is 42.0 Å². The molecule has 4 heterocycles. The minimum absolute atomic E-state index is 0.757. The Hall–Kier alpha value is -1.20. The minimum atomic E-state index is 0.757. The first kappa shape index (κ1) is 14.4. The molecule has 118 valence electrons. The Kier molecular flexibility index (Phi) is 4.26. The van der Waals surface area contributed by atoms with Gasteiger partial charge in [0.2, 0.25) is 0 Å². The van der Waals surface area contributed by atoms with Crippen LogP contribution in [0.3, 0.4) is 0 Å². The highest BCUT2D eigenvalue weighted by Crippen LogP contribution is 2.28. The highest BCUT2D eigenvalue weighted by molar-refractivity contribution is 7.99. The van der Waals surface area contributed by atoms with Crippen molar-refractivity contribution in [3.05, 3.63) is 30.4 Å². The van der Waals surface area contributed by atoms with Crippen molar-refractivity contribution in [3.63, 3.8) is 0 Å². The zero-order valence-electron chi connectivity index (χ0n) is 13.0. The number of aromatic nitrogens is 2. The van der Waals surface area contributed by atoms with Gasteiger partial charge in [-0.2, -0.15) is 11.8 Å². The molecule has 2 aromatic heterocycles. The first-order chi connectivity index (χ1) is 10.9. The average Bonchev–Trinajstić information content (AvgIpc) is 2.99. The molecule has 0 radical (unpaired) electrons. The van der Waals surface area contributed by atoms with Crippen molar-refractivity contribution in [3.8, 4) is 0 Å². The molecule has 4 rings (SSSR count). The van der Waals surface area contributed by atoms with E-state index in [4.69, 9.17) is 4.98 Å². The quantitative estimate of drug-likeness (QED) is 0.943. The molecule has 1 N–H and O–H groups in total. The second-order valence-corrected chi connectivity index (χ2v) is 7.69. The fourth-order valence-corrected chi connectivity index (χ4v) is 4.79. The molecule has 1 unspecified atom stereocenters. The van der Waals surface area contributed by atoms with E-state index in [0.29, 0.717) is 0 Å². The Morgan fingerprint density at radius 3 is 3.00 bits per heavy atom. The Balaban J connectivity index is 1.54. The summed E-state index contributed by atoms with van der Waals surface area (Å²) in [5, 5.41) is 4.17. The molecule has 2 saturated heterocycles. The summed E-state index contributed by atoms with van der Waals surface area (Å²) in [7, 11) is 0. The van der Waals surface area contributed by atoms with Gasteiger partial charge in [-0.25, -0.2) is 4.98 Å². The molecular formula is C17H24N4S. The van der Waals surface area contributed by atoms with E-state index < -0.39 is 0 Å². The molecule has 0 spiro atoms. The van der Waals surface area contributed by atoms with E-state index in [-0.39, 0.29) is 0 Å². The van der Waals surface area contributed by atoms with Gasteiger partial charge in [-0.1, -0.05) is 6.42 Å². The number of hydrogen-bond acceptors (Lipinski definition) is 4. The van der Waals surface area contributed by atoms with Gasteiger partial charge in [0.25, 0.3) is 0 Å². The number of imidazole rings is 1. The van der Waals surface area contributed by atoms with E-state index in [2.05, 4.69) is 44.7 Å². The van der Waals surface area contributed by atoms with Crippen molar-refractivity contribution in [2.45, 2.75) is 30.9 Å². The van der Waals surface area contributed by atoms with Gasteiger partial charge in [0, 0.05) is 49.7 Å². The van der Waals surface area contributed by atoms with E-state index in [1.807, 2.05) is 6.20 Å². The summed E-state index contributed by atoms with van der Waals surface area (Å²) in [4.78, 5) is 7.15. The van der Waals surface area contributed by atoms with Gasteiger partial charge in [-0.3, -0.25) is 0 Å². The molecule has 2 aliphatic rings. The van der Waals surface area contributed by atoms with Crippen LogP contribution in [0.5, 0.6) is 0 Å². The first-order valence-corrected chi connectivity index (χ1v) is 9.48. The van der Waals surface area contributed by atoms with E-state index in [9.17, 15) is 0 Å². The summed E-state index contributed by atoms with van der Waals surface area (Å²) in [5.74, 6) is 2.54. The lowest BCUT2D eigenvalue weighted by Gasteiger charge is -2.29. The van der Waals surface area contributed by atoms with E-state index in [1.54, 1.807) is 0 Å². The second-order valence-electron chi connectivity index (χ2n) is 6.28. The zero-order valence-corrected chi connectivity index (χ0v) is 13.8. The van der Waals surface area contributed by atoms with Crippen molar-refractivity contribution in [1.82, 2.24) is 14.7 Å². The molecular weight excluding hydrogens is 292 g/mol. The Morgan fingerprint density at radius 2 is 2.18 bits per heavy atom. The molecule has 2 aliphatic heterocycles. The maximum absolute atomic E-state index is 4.69. The summed E-state index contributed by atoms with van der Waals surface area (Å²) in [6.45, 7) is 4.34. The van der Waals surface area contributed by atoms with Gasteiger partial charge >= 0.3 is 0 Å².